The maximum absolute atomic E-state index is 12.3. The van der Waals surface area contributed by atoms with Crippen LogP contribution in [-0.4, -0.2) is 35.7 Å². The second kappa shape index (κ2) is 8.97. The largest absolute Gasteiger partial charge is 0.395 e. The third kappa shape index (κ3) is 4.80. The summed E-state index contributed by atoms with van der Waals surface area (Å²) in [7, 11) is 0. The monoisotopic (exact) mass is 342 g/mol. The fraction of sp³-hybridized carbons (Fsp3) is 0.533. The predicted molar refractivity (Wildman–Crippen MR) is 84.7 cm³/mol. The van der Waals surface area contributed by atoms with Gasteiger partial charge in [0.2, 0.25) is 0 Å². The number of aliphatic hydroxyl groups is 1. The first-order chi connectivity index (χ1) is 9.63. The molecule has 0 aliphatic heterocycles. The van der Waals surface area contributed by atoms with Crippen molar-refractivity contribution in [2.75, 3.05) is 19.7 Å². The lowest BCUT2D eigenvalue weighted by Crippen LogP contribution is -2.43. The second-order valence-electron chi connectivity index (χ2n) is 4.64. The highest BCUT2D eigenvalue weighted by atomic mass is 79.9. The summed E-state index contributed by atoms with van der Waals surface area (Å²) in [5.41, 5.74) is 1.07. The van der Waals surface area contributed by atoms with Crippen molar-refractivity contribution < 1.29 is 9.90 Å². The molecule has 1 atom stereocenters. The van der Waals surface area contributed by atoms with Crippen molar-refractivity contribution in [2.45, 2.75) is 32.7 Å². The molecule has 1 unspecified atom stereocenters. The van der Waals surface area contributed by atoms with E-state index in [9.17, 15) is 4.79 Å². The van der Waals surface area contributed by atoms with Gasteiger partial charge in [0.15, 0.2) is 0 Å². The van der Waals surface area contributed by atoms with Gasteiger partial charge >= 0.3 is 6.03 Å². The van der Waals surface area contributed by atoms with Gasteiger partial charge < -0.3 is 15.3 Å². The van der Waals surface area contributed by atoms with Crippen molar-refractivity contribution in [3.63, 3.8) is 0 Å². The lowest BCUT2D eigenvalue weighted by molar-refractivity contribution is 0.173. The SMILES string of the molecule is CCCN(CCO)C(=O)NC(CC)c1ccccc1Br. The molecule has 1 rings (SSSR count). The van der Waals surface area contributed by atoms with E-state index in [1.54, 1.807) is 4.90 Å². The van der Waals surface area contributed by atoms with Crippen LogP contribution in [0.4, 0.5) is 4.79 Å². The lowest BCUT2D eigenvalue weighted by atomic mass is 10.1. The molecule has 2 amide bonds. The number of hydrogen-bond acceptors (Lipinski definition) is 2. The minimum atomic E-state index is -0.122. The minimum Gasteiger partial charge on any atom is -0.395 e. The van der Waals surface area contributed by atoms with Crippen molar-refractivity contribution in [1.82, 2.24) is 10.2 Å². The Morgan fingerprint density at radius 2 is 2.05 bits per heavy atom. The highest BCUT2D eigenvalue weighted by Crippen LogP contribution is 2.25. The van der Waals surface area contributed by atoms with E-state index in [2.05, 4.69) is 21.2 Å². The normalized spacial score (nSPS) is 12.0. The third-order valence-electron chi connectivity index (χ3n) is 3.14. The molecule has 5 heteroatoms. The Kier molecular flexibility index (Phi) is 7.62. The van der Waals surface area contributed by atoms with Crippen LogP contribution in [0, 0.1) is 0 Å². The summed E-state index contributed by atoms with van der Waals surface area (Å²) < 4.78 is 0.997. The van der Waals surface area contributed by atoms with Crippen LogP contribution in [0.25, 0.3) is 0 Å². The molecule has 0 heterocycles. The van der Waals surface area contributed by atoms with Crippen molar-refractivity contribution in [3.8, 4) is 0 Å². The Balaban J connectivity index is 2.77. The summed E-state index contributed by atoms with van der Waals surface area (Å²) in [5.74, 6) is 0. The molecule has 0 radical (unpaired) electrons. The number of carbonyl (C=O) groups excluding carboxylic acids is 1. The van der Waals surface area contributed by atoms with Gasteiger partial charge in [-0.1, -0.05) is 48.0 Å². The predicted octanol–water partition coefficient (Wildman–Crippen LogP) is 3.31. The molecule has 0 fully saturated rings. The zero-order valence-corrected chi connectivity index (χ0v) is 13.7. The van der Waals surface area contributed by atoms with Crippen LogP contribution in [-0.2, 0) is 0 Å². The van der Waals surface area contributed by atoms with Crippen LogP contribution < -0.4 is 5.32 Å². The van der Waals surface area contributed by atoms with E-state index >= 15 is 0 Å². The first-order valence-corrected chi connectivity index (χ1v) is 7.84. The molecule has 20 heavy (non-hydrogen) atoms. The third-order valence-corrected chi connectivity index (χ3v) is 3.86. The number of urea groups is 1. The number of amides is 2. The number of hydrogen-bond donors (Lipinski definition) is 2. The Bertz CT molecular complexity index is 420. The van der Waals surface area contributed by atoms with E-state index < -0.39 is 0 Å². The summed E-state index contributed by atoms with van der Waals surface area (Å²) in [5, 5.41) is 12.1. The maximum atomic E-state index is 12.3. The van der Waals surface area contributed by atoms with Crippen LogP contribution in [0.15, 0.2) is 28.7 Å². The molecule has 112 valence electrons. The molecule has 2 N–H and O–H groups in total. The van der Waals surface area contributed by atoms with Gasteiger partial charge in [-0.15, -0.1) is 0 Å². The van der Waals surface area contributed by atoms with Crippen LogP contribution >= 0.6 is 15.9 Å². The number of nitrogens with one attached hydrogen (secondary N) is 1. The van der Waals surface area contributed by atoms with Crippen molar-refractivity contribution in [3.05, 3.63) is 34.3 Å². The molecule has 0 saturated heterocycles. The summed E-state index contributed by atoms with van der Waals surface area (Å²) in [6.07, 6.45) is 1.69. The van der Waals surface area contributed by atoms with E-state index in [1.807, 2.05) is 38.1 Å². The van der Waals surface area contributed by atoms with Gasteiger partial charge in [-0.3, -0.25) is 0 Å². The number of rotatable bonds is 7. The van der Waals surface area contributed by atoms with E-state index in [0.717, 1.165) is 22.9 Å². The smallest absolute Gasteiger partial charge is 0.317 e. The molecule has 0 spiro atoms. The quantitative estimate of drug-likeness (QED) is 0.798. The molecule has 0 aliphatic rings. The standard InChI is InChI=1S/C15H23BrN2O2/c1-3-9-18(10-11-19)15(20)17-14(4-2)12-7-5-6-8-13(12)16/h5-8,14,19H,3-4,9-11H2,1-2H3,(H,17,20). The van der Waals surface area contributed by atoms with E-state index in [-0.39, 0.29) is 18.7 Å². The molecule has 4 nitrogen and oxygen atoms in total. The summed E-state index contributed by atoms with van der Waals surface area (Å²) in [4.78, 5) is 13.9. The van der Waals surface area contributed by atoms with E-state index in [1.165, 1.54) is 0 Å². The Morgan fingerprint density at radius 3 is 2.60 bits per heavy atom. The fourth-order valence-corrected chi connectivity index (χ4v) is 2.66. The zero-order valence-electron chi connectivity index (χ0n) is 12.1. The van der Waals surface area contributed by atoms with Crippen molar-refractivity contribution >= 4 is 22.0 Å². The van der Waals surface area contributed by atoms with Crippen LogP contribution in [0.2, 0.25) is 0 Å². The molecule has 0 saturated carbocycles. The zero-order chi connectivity index (χ0) is 15.0. The van der Waals surface area contributed by atoms with Crippen molar-refractivity contribution in [2.24, 2.45) is 0 Å². The lowest BCUT2D eigenvalue weighted by Gasteiger charge is -2.26. The molecule has 1 aromatic carbocycles. The first kappa shape index (κ1) is 17.0. The number of aliphatic hydroxyl groups excluding tert-OH is 1. The number of nitrogens with zero attached hydrogens (tertiary/aromatic N) is 1. The summed E-state index contributed by atoms with van der Waals surface area (Å²) in [6, 6.07) is 7.75. The van der Waals surface area contributed by atoms with Gasteiger partial charge in [0.05, 0.1) is 12.6 Å². The molecule has 0 bridgehead atoms. The minimum absolute atomic E-state index is 0.0146. The maximum Gasteiger partial charge on any atom is 0.317 e. The second-order valence-corrected chi connectivity index (χ2v) is 5.50. The number of benzene rings is 1. The van der Waals surface area contributed by atoms with Gasteiger partial charge in [0.25, 0.3) is 0 Å². The van der Waals surface area contributed by atoms with Gasteiger partial charge in [0.1, 0.15) is 0 Å². The fourth-order valence-electron chi connectivity index (χ4n) is 2.10. The topological polar surface area (TPSA) is 52.6 Å². The Hall–Kier alpha value is -1.07. The van der Waals surface area contributed by atoms with Crippen LogP contribution in [0.1, 0.15) is 38.3 Å². The summed E-state index contributed by atoms with van der Waals surface area (Å²) in [6.45, 7) is 5.06. The molecular formula is C15H23BrN2O2. The van der Waals surface area contributed by atoms with Crippen LogP contribution in [0.5, 0.6) is 0 Å². The highest BCUT2D eigenvalue weighted by molar-refractivity contribution is 9.10. The van der Waals surface area contributed by atoms with Gasteiger partial charge in [-0.25, -0.2) is 4.79 Å². The molecule has 0 aliphatic carbocycles. The van der Waals surface area contributed by atoms with Gasteiger partial charge in [-0.2, -0.15) is 0 Å². The van der Waals surface area contributed by atoms with Crippen molar-refractivity contribution in [1.29, 1.82) is 0 Å². The van der Waals surface area contributed by atoms with E-state index in [4.69, 9.17) is 5.11 Å². The summed E-state index contributed by atoms with van der Waals surface area (Å²) >= 11 is 3.52. The molecular weight excluding hydrogens is 320 g/mol. The van der Waals surface area contributed by atoms with Gasteiger partial charge in [-0.05, 0) is 24.5 Å². The highest BCUT2D eigenvalue weighted by Gasteiger charge is 2.18. The van der Waals surface area contributed by atoms with Crippen LogP contribution in [0.3, 0.4) is 0 Å². The van der Waals surface area contributed by atoms with E-state index in [0.29, 0.717) is 13.1 Å². The van der Waals surface area contributed by atoms with Gasteiger partial charge in [0, 0.05) is 17.6 Å². The average molecular weight is 343 g/mol. The average Bonchev–Trinajstić information content (AvgIpc) is 2.45. The number of halogens is 1. The Morgan fingerprint density at radius 1 is 1.35 bits per heavy atom. The number of carbonyl (C=O) groups is 1. The Labute approximate surface area is 129 Å². The first-order valence-electron chi connectivity index (χ1n) is 7.04. The molecule has 1 aromatic rings. The molecule has 0 aromatic heterocycles.